The summed E-state index contributed by atoms with van der Waals surface area (Å²) in [5.74, 6) is 0. The molecule has 0 saturated carbocycles. The van der Waals surface area contributed by atoms with E-state index in [9.17, 15) is 4.79 Å². The van der Waals surface area contributed by atoms with Gasteiger partial charge in [0.1, 0.15) is 6.10 Å². The number of unbranched alkanes of at least 4 members (excludes halogenated alkanes) is 1. The molecule has 0 fully saturated rings. The number of rotatable bonds is 4. The third-order valence-electron chi connectivity index (χ3n) is 5.13. The highest BCUT2D eigenvalue weighted by Crippen LogP contribution is 2.47. The average Bonchev–Trinajstić information content (AvgIpc) is 2.95. The van der Waals surface area contributed by atoms with Crippen LogP contribution in [0.1, 0.15) is 42.6 Å². The largest absolute Gasteiger partial charge is 0.369 e. The zero-order chi connectivity index (χ0) is 17.6. The van der Waals surface area contributed by atoms with E-state index in [2.05, 4.69) is 32.0 Å². The quantitative estimate of drug-likeness (QED) is 0.646. The molecule has 3 heteroatoms. The fraction of sp³-hybridized carbons (Fsp3) is 0.318. The van der Waals surface area contributed by atoms with Crippen LogP contribution in [0.4, 0.5) is 0 Å². The Balaban J connectivity index is 2.04. The number of hydrogen-bond donors (Lipinski definition) is 0. The van der Waals surface area contributed by atoms with E-state index in [1.165, 1.54) is 0 Å². The lowest BCUT2D eigenvalue weighted by Crippen LogP contribution is -2.20. The monoisotopic (exact) mass is 333 g/mol. The third kappa shape index (κ3) is 2.42. The summed E-state index contributed by atoms with van der Waals surface area (Å²) in [5, 5.41) is 1.79. The Hall–Kier alpha value is -2.39. The zero-order valence-electron chi connectivity index (χ0n) is 15.0. The lowest BCUT2D eigenvalue weighted by Gasteiger charge is -2.18. The van der Waals surface area contributed by atoms with Gasteiger partial charge in [-0.25, -0.2) is 0 Å². The predicted molar refractivity (Wildman–Crippen MR) is 102 cm³/mol. The van der Waals surface area contributed by atoms with Gasteiger partial charge in [0.05, 0.1) is 5.69 Å². The zero-order valence-corrected chi connectivity index (χ0v) is 15.0. The topological polar surface area (TPSA) is 31.2 Å². The minimum Gasteiger partial charge on any atom is -0.369 e. The van der Waals surface area contributed by atoms with Gasteiger partial charge in [-0.1, -0.05) is 55.3 Å². The van der Waals surface area contributed by atoms with Gasteiger partial charge >= 0.3 is 0 Å². The van der Waals surface area contributed by atoms with Gasteiger partial charge in [-0.15, -0.1) is 0 Å². The fourth-order valence-corrected chi connectivity index (χ4v) is 3.86. The number of fused-ring (bicyclic) bond motifs is 5. The summed E-state index contributed by atoms with van der Waals surface area (Å²) in [5.41, 5.74) is 5.63. The number of nitrogens with zero attached hydrogens (tertiary/aromatic N) is 1. The molecule has 1 aliphatic rings. The summed E-state index contributed by atoms with van der Waals surface area (Å²) in [4.78, 5) is 12.9. The van der Waals surface area contributed by atoms with Gasteiger partial charge in [0.15, 0.2) is 0 Å². The molecule has 128 valence electrons. The van der Waals surface area contributed by atoms with Crippen molar-refractivity contribution in [3.8, 4) is 11.3 Å². The number of hydrogen-bond acceptors (Lipinski definition) is 2. The number of ether oxygens (including phenoxy) is 1. The molecule has 1 aliphatic carbocycles. The lowest BCUT2D eigenvalue weighted by molar-refractivity contribution is 0.0814. The van der Waals surface area contributed by atoms with Gasteiger partial charge in [0.2, 0.25) is 0 Å². The Labute approximate surface area is 147 Å². The Morgan fingerprint density at radius 2 is 1.92 bits per heavy atom. The van der Waals surface area contributed by atoms with Crippen molar-refractivity contribution in [1.82, 2.24) is 4.57 Å². The molecule has 2 aromatic carbocycles. The van der Waals surface area contributed by atoms with E-state index in [4.69, 9.17) is 4.74 Å². The van der Waals surface area contributed by atoms with E-state index < -0.39 is 0 Å². The van der Waals surface area contributed by atoms with Crippen LogP contribution in [-0.2, 0) is 11.8 Å². The molecule has 0 bridgehead atoms. The maximum Gasteiger partial charge on any atom is 0.258 e. The number of benzene rings is 2. The van der Waals surface area contributed by atoms with E-state index in [1.807, 2.05) is 31.3 Å². The average molecular weight is 333 g/mol. The molecule has 0 spiro atoms. The summed E-state index contributed by atoms with van der Waals surface area (Å²) in [6, 6.07) is 14.4. The molecule has 0 N–H and O–H groups in total. The Morgan fingerprint density at radius 3 is 2.72 bits per heavy atom. The number of aromatic nitrogens is 1. The summed E-state index contributed by atoms with van der Waals surface area (Å²) in [7, 11) is 1.87. The van der Waals surface area contributed by atoms with Crippen molar-refractivity contribution in [2.75, 3.05) is 6.61 Å². The maximum absolute atomic E-state index is 12.9. The standard InChI is InChI=1S/C22H23NO2/c1-4-5-12-25-21-16-9-7-6-8-15(16)20-19(21)18-13-14(2)10-11-17(18)22(24)23(20)3/h6-11,13,21H,4-5,12H2,1-3H3. The van der Waals surface area contributed by atoms with Crippen molar-refractivity contribution in [2.24, 2.45) is 7.05 Å². The second-order valence-electron chi connectivity index (χ2n) is 6.87. The molecule has 1 unspecified atom stereocenters. The van der Waals surface area contributed by atoms with E-state index in [0.717, 1.165) is 58.2 Å². The van der Waals surface area contributed by atoms with Crippen LogP contribution in [0.2, 0.25) is 0 Å². The van der Waals surface area contributed by atoms with Crippen molar-refractivity contribution in [3.63, 3.8) is 0 Å². The molecule has 0 aliphatic heterocycles. The van der Waals surface area contributed by atoms with Gasteiger partial charge in [-0.05, 0) is 30.4 Å². The molecule has 3 aromatic rings. The van der Waals surface area contributed by atoms with Crippen molar-refractivity contribution in [1.29, 1.82) is 0 Å². The van der Waals surface area contributed by atoms with Crippen LogP contribution in [0.5, 0.6) is 0 Å². The molecule has 0 amide bonds. The van der Waals surface area contributed by atoms with Crippen molar-refractivity contribution in [3.05, 3.63) is 69.5 Å². The molecule has 4 rings (SSSR count). The van der Waals surface area contributed by atoms with Crippen molar-refractivity contribution in [2.45, 2.75) is 32.8 Å². The first-order valence-electron chi connectivity index (χ1n) is 8.97. The van der Waals surface area contributed by atoms with Gasteiger partial charge in [-0.3, -0.25) is 4.79 Å². The predicted octanol–water partition coefficient (Wildman–Crippen LogP) is 4.73. The normalized spacial score (nSPS) is 15.4. The smallest absolute Gasteiger partial charge is 0.258 e. The molecule has 3 nitrogen and oxygen atoms in total. The van der Waals surface area contributed by atoms with Crippen molar-refractivity contribution < 1.29 is 4.74 Å². The SMILES string of the molecule is CCCCOC1c2ccccc2-c2c1c1cc(C)ccc1c(=O)n2C. The Kier molecular flexibility index (Phi) is 3.97. The first kappa shape index (κ1) is 16.1. The maximum atomic E-state index is 12.9. The molecule has 0 radical (unpaired) electrons. The molecule has 1 atom stereocenters. The second-order valence-corrected chi connectivity index (χ2v) is 6.87. The van der Waals surface area contributed by atoms with Crippen LogP contribution >= 0.6 is 0 Å². The summed E-state index contributed by atoms with van der Waals surface area (Å²) >= 11 is 0. The summed E-state index contributed by atoms with van der Waals surface area (Å²) in [6.45, 7) is 4.96. The lowest BCUT2D eigenvalue weighted by atomic mass is 10.00. The number of pyridine rings is 1. The fourth-order valence-electron chi connectivity index (χ4n) is 3.86. The second kappa shape index (κ2) is 6.16. The molecular formula is C22H23NO2. The third-order valence-corrected chi connectivity index (χ3v) is 5.13. The molecule has 25 heavy (non-hydrogen) atoms. The van der Waals surface area contributed by atoms with Crippen LogP contribution in [0, 0.1) is 6.92 Å². The van der Waals surface area contributed by atoms with Gasteiger partial charge < -0.3 is 9.30 Å². The molecular weight excluding hydrogens is 310 g/mol. The highest BCUT2D eigenvalue weighted by Gasteiger charge is 2.33. The van der Waals surface area contributed by atoms with E-state index >= 15 is 0 Å². The van der Waals surface area contributed by atoms with Crippen LogP contribution < -0.4 is 5.56 Å². The highest BCUT2D eigenvalue weighted by atomic mass is 16.5. The van der Waals surface area contributed by atoms with E-state index in [1.54, 1.807) is 4.57 Å². The first-order chi connectivity index (χ1) is 12.1. The van der Waals surface area contributed by atoms with Crippen LogP contribution in [0.25, 0.3) is 22.0 Å². The summed E-state index contributed by atoms with van der Waals surface area (Å²) in [6.07, 6.45) is 2.04. The Morgan fingerprint density at radius 1 is 1.12 bits per heavy atom. The number of aryl methyl sites for hydroxylation is 1. The first-order valence-corrected chi connectivity index (χ1v) is 8.97. The van der Waals surface area contributed by atoms with Crippen LogP contribution in [0.3, 0.4) is 0 Å². The van der Waals surface area contributed by atoms with Gasteiger partial charge in [-0.2, -0.15) is 0 Å². The van der Waals surface area contributed by atoms with Crippen LogP contribution in [-0.4, -0.2) is 11.2 Å². The van der Waals surface area contributed by atoms with Crippen LogP contribution in [0.15, 0.2) is 47.3 Å². The van der Waals surface area contributed by atoms with Gasteiger partial charge in [0, 0.05) is 30.2 Å². The highest BCUT2D eigenvalue weighted by molar-refractivity contribution is 5.94. The minimum atomic E-state index is -0.103. The summed E-state index contributed by atoms with van der Waals surface area (Å²) < 4.78 is 8.11. The molecule has 1 aromatic heterocycles. The Bertz CT molecular complexity index is 1020. The molecule has 0 saturated heterocycles. The van der Waals surface area contributed by atoms with E-state index in [-0.39, 0.29) is 11.7 Å². The van der Waals surface area contributed by atoms with Crippen molar-refractivity contribution >= 4 is 10.8 Å². The van der Waals surface area contributed by atoms with Gasteiger partial charge in [0.25, 0.3) is 5.56 Å². The van der Waals surface area contributed by atoms with E-state index in [0.29, 0.717) is 0 Å². The minimum absolute atomic E-state index is 0.0535. The molecule has 1 heterocycles.